The van der Waals surface area contributed by atoms with Gasteiger partial charge < -0.3 is 9.67 Å². The van der Waals surface area contributed by atoms with Crippen LogP contribution in [-0.4, -0.2) is 46.1 Å². The molecule has 1 aliphatic heterocycles. The Morgan fingerprint density at radius 2 is 2.24 bits per heavy atom. The number of sulfonamides is 1. The smallest absolute Gasteiger partial charge is 0.263 e. The summed E-state index contributed by atoms with van der Waals surface area (Å²) in [4.78, 5) is 3.80. The highest BCUT2D eigenvalue weighted by atomic mass is 35.5. The largest absolute Gasteiger partial charge is 0.389 e. The van der Waals surface area contributed by atoms with Crippen LogP contribution in [0, 0.1) is 0 Å². The Morgan fingerprint density at radius 1 is 1.59 bits per heavy atom. The lowest BCUT2D eigenvalue weighted by Gasteiger charge is -2.17. The van der Waals surface area contributed by atoms with E-state index in [0.29, 0.717) is 6.42 Å². The van der Waals surface area contributed by atoms with Crippen molar-refractivity contribution in [3.63, 3.8) is 0 Å². The number of hydrogen-bond acceptors (Lipinski definition) is 4. The molecule has 0 saturated carbocycles. The zero-order chi connectivity index (χ0) is 12.8. The molecule has 0 radical (unpaired) electrons. The van der Waals surface area contributed by atoms with Gasteiger partial charge >= 0.3 is 0 Å². The molecule has 0 aliphatic carbocycles. The maximum Gasteiger partial charge on any atom is 0.263 e. The zero-order valence-electron chi connectivity index (χ0n) is 9.59. The van der Waals surface area contributed by atoms with Crippen LogP contribution in [0.4, 0.5) is 0 Å². The zero-order valence-corrected chi connectivity index (χ0v) is 11.2. The summed E-state index contributed by atoms with van der Waals surface area (Å²) in [5.74, 6) is 0. The second-order valence-corrected chi connectivity index (χ2v) is 6.75. The van der Waals surface area contributed by atoms with E-state index in [4.69, 9.17) is 11.6 Å². The van der Waals surface area contributed by atoms with Crippen LogP contribution in [0.25, 0.3) is 0 Å². The molecule has 0 aromatic carbocycles. The van der Waals surface area contributed by atoms with E-state index in [2.05, 4.69) is 4.98 Å². The van der Waals surface area contributed by atoms with Gasteiger partial charge in [-0.1, -0.05) is 11.6 Å². The first kappa shape index (κ1) is 12.8. The second-order valence-electron chi connectivity index (χ2n) is 4.54. The summed E-state index contributed by atoms with van der Waals surface area (Å²) in [6, 6.07) is 0. The summed E-state index contributed by atoms with van der Waals surface area (Å²) in [5, 5.41) is 9.71. The van der Waals surface area contributed by atoms with E-state index in [1.54, 1.807) is 14.0 Å². The SMILES string of the molecule is Cn1cnc(S(=O)(=O)N2CCC(C)(O)C2)c1Cl. The van der Waals surface area contributed by atoms with Crippen molar-refractivity contribution in [2.24, 2.45) is 7.05 Å². The minimum atomic E-state index is -3.71. The number of imidazole rings is 1. The van der Waals surface area contributed by atoms with Crippen molar-refractivity contribution >= 4 is 21.6 Å². The van der Waals surface area contributed by atoms with Crippen LogP contribution in [0.15, 0.2) is 11.4 Å². The van der Waals surface area contributed by atoms with Crippen LogP contribution in [-0.2, 0) is 17.1 Å². The number of hydrogen-bond donors (Lipinski definition) is 1. The number of aryl methyl sites for hydroxylation is 1. The maximum absolute atomic E-state index is 12.2. The number of aromatic nitrogens is 2. The van der Waals surface area contributed by atoms with E-state index >= 15 is 0 Å². The van der Waals surface area contributed by atoms with Gasteiger partial charge in [0.1, 0.15) is 5.15 Å². The van der Waals surface area contributed by atoms with E-state index in [0.717, 1.165) is 0 Å². The first-order chi connectivity index (χ1) is 7.74. The van der Waals surface area contributed by atoms with Crippen LogP contribution < -0.4 is 0 Å². The van der Waals surface area contributed by atoms with Gasteiger partial charge in [-0.3, -0.25) is 0 Å². The Morgan fingerprint density at radius 3 is 2.65 bits per heavy atom. The third-order valence-corrected chi connectivity index (χ3v) is 5.17. The van der Waals surface area contributed by atoms with Crippen molar-refractivity contribution in [2.45, 2.75) is 24.0 Å². The molecule has 8 heteroatoms. The summed E-state index contributed by atoms with van der Waals surface area (Å²) in [7, 11) is -2.09. The molecule has 1 unspecified atom stereocenters. The fourth-order valence-corrected chi connectivity index (χ4v) is 3.74. The lowest BCUT2D eigenvalue weighted by atomic mass is 10.1. The van der Waals surface area contributed by atoms with Crippen LogP contribution >= 0.6 is 11.6 Å². The van der Waals surface area contributed by atoms with Crippen molar-refractivity contribution in [1.82, 2.24) is 13.9 Å². The molecular formula is C9H14ClN3O3S. The lowest BCUT2D eigenvalue weighted by molar-refractivity contribution is 0.0762. The summed E-state index contributed by atoms with van der Waals surface area (Å²) < 4.78 is 27.1. The molecule has 2 heterocycles. The molecule has 1 saturated heterocycles. The molecule has 1 atom stereocenters. The van der Waals surface area contributed by atoms with Crippen LogP contribution in [0.2, 0.25) is 5.15 Å². The highest BCUT2D eigenvalue weighted by molar-refractivity contribution is 7.89. The van der Waals surface area contributed by atoms with Gasteiger partial charge in [-0.15, -0.1) is 0 Å². The predicted octanol–water partition coefficient (Wildman–Crippen LogP) is 0.219. The molecule has 1 aliphatic rings. The number of rotatable bonds is 2. The number of β-amino-alcohol motifs (C(OH)–C–C–N with tert-alkyl or cyclic N) is 1. The molecule has 2 rings (SSSR count). The quantitative estimate of drug-likeness (QED) is 0.840. The van der Waals surface area contributed by atoms with Gasteiger partial charge in [0.15, 0.2) is 0 Å². The fraction of sp³-hybridized carbons (Fsp3) is 0.667. The molecule has 96 valence electrons. The van der Waals surface area contributed by atoms with E-state index in [1.807, 2.05) is 0 Å². The van der Waals surface area contributed by atoms with Crippen molar-refractivity contribution < 1.29 is 13.5 Å². The van der Waals surface area contributed by atoms with Gasteiger partial charge in [-0.05, 0) is 13.3 Å². The van der Waals surface area contributed by atoms with E-state index in [-0.39, 0.29) is 23.3 Å². The summed E-state index contributed by atoms with van der Waals surface area (Å²) in [5.41, 5.74) is -0.978. The topological polar surface area (TPSA) is 75.4 Å². The molecule has 1 N–H and O–H groups in total. The monoisotopic (exact) mass is 279 g/mol. The summed E-state index contributed by atoms with van der Waals surface area (Å²) >= 11 is 5.87. The minimum absolute atomic E-state index is 0.0717. The van der Waals surface area contributed by atoms with Crippen molar-refractivity contribution in [1.29, 1.82) is 0 Å². The van der Waals surface area contributed by atoms with Crippen LogP contribution in [0.1, 0.15) is 13.3 Å². The van der Waals surface area contributed by atoms with Gasteiger partial charge in [0, 0.05) is 20.1 Å². The molecule has 1 fully saturated rings. The Kier molecular flexibility index (Phi) is 2.97. The summed E-state index contributed by atoms with van der Waals surface area (Å²) in [6.07, 6.45) is 1.76. The van der Waals surface area contributed by atoms with Gasteiger partial charge in [0.05, 0.1) is 11.9 Å². The molecule has 1 aromatic rings. The third-order valence-electron chi connectivity index (χ3n) is 2.84. The van der Waals surface area contributed by atoms with Crippen molar-refractivity contribution in [3.05, 3.63) is 11.5 Å². The Bertz CT molecular complexity index is 538. The Labute approximate surface area is 105 Å². The molecule has 0 amide bonds. The fourth-order valence-electron chi connectivity index (χ4n) is 1.80. The molecule has 6 nitrogen and oxygen atoms in total. The maximum atomic E-state index is 12.2. The van der Waals surface area contributed by atoms with Gasteiger partial charge in [0.2, 0.25) is 5.03 Å². The second kappa shape index (κ2) is 3.94. The third kappa shape index (κ3) is 2.20. The van der Waals surface area contributed by atoms with Crippen molar-refractivity contribution in [2.75, 3.05) is 13.1 Å². The number of nitrogens with zero attached hydrogens (tertiary/aromatic N) is 3. The van der Waals surface area contributed by atoms with E-state index in [1.165, 1.54) is 15.2 Å². The number of halogens is 1. The summed E-state index contributed by atoms with van der Waals surface area (Å²) in [6.45, 7) is 1.97. The highest BCUT2D eigenvalue weighted by Gasteiger charge is 2.40. The van der Waals surface area contributed by atoms with Crippen molar-refractivity contribution in [3.8, 4) is 0 Å². The predicted molar refractivity (Wildman–Crippen MR) is 62.2 cm³/mol. The first-order valence-corrected chi connectivity index (χ1v) is 6.95. The van der Waals surface area contributed by atoms with Gasteiger partial charge in [-0.2, -0.15) is 4.31 Å². The van der Waals surface area contributed by atoms with E-state index < -0.39 is 15.6 Å². The molecular weight excluding hydrogens is 266 g/mol. The molecule has 17 heavy (non-hydrogen) atoms. The molecule has 1 aromatic heterocycles. The van der Waals surface area contributed by atoms with Crippen LogP contribution in [0.5, 0.6) is 0 Å². The van der Waals surface area contributed by atoms with Gasteiger partial charge in [0.25, 0.3) is 10.0 Å². The highest BCUT2D eigenvalue weighted by Crippen LogP contribution is 2.28. The molecule has 0 spiro atoms. The Balaban J connectivity index is 2.35. The lowest BCUT2D eigenvalue weighted by Crippen LogP contribution is -2.34. The standard InChI is InChI=1S/C9H14ClN3O3S/c1-9(14)3-4-13(5-9)17(15,16)8-7(10)12(2)6-11-8/h6,14H,3-5H2,1-2H3. The Hall–Kier alpha value is -0.630. The molecule has 0 bridgehead atoms. The number of aliphatic hydroxyl groups is 1. The normalized spacial score (nSPS) is 26.6. The average molecular weight is 280 g/mol. The minimum Gasteiger partial charge on any atom is -0.389 e. The average Bonchev–Trinajstić information content (AvgIpc) is 2.72. The van der Waals surface area contributed by atoms with E-state index in [9.17, 15) is 13.5 Å². The first-order valence-electron chi connectivity index (χ1n) is 5.13. The van der Waals surface area contributed by atoms with Gasteiger partial charge in [-0.25, -0.2) is 13.4 Å². The van der Waals surface area contributed by atoms with Crippen LogP contribution in [0.3, 0.4) is 0 Å².